The molecule has 0 aromatic carbocycles. The summed E-state index contributed by atoms with van der Waals surface area (Å²) in [6.07, 6.45) is 8.99. The van der Waals surface area contributed by atoms with E-state index in [9.17, 15) is 8.42 Å². The lowest BCUT2D eigenvalue weighted by Crippen LogP contribution is -2.12. The SMILES string of the molecule is CCCCCCC(C)(C)CCCCOS(=O)(=O)O. The Kier molecular flexibility index (Phi) is 8.82. The predicted molar refractivity (Wildman–Crippen MR) is 73.9 cm³/mol. The molecule has 0 bridgehead atoms. The van der Waals surface area contributed by atoms with Gasteiger partial charge in [-0.1, -0.05) is 52.9 Å². The van der Waals surface area contributed by atoms with Crippen LogP contribution in [0.1, 0.15) is 72.1 Å². The highest BCUT2D eigenvalue weighted by Crippen LogP contribution is 2.29. The highest BCUT2D eigenvalue weighted by molar-refractivity contribution is 7.80. The first-order valence-electron chi connectivity index (χ1n) is 6.89. The van der Waals surface area contributed by atoms with Gasteiger partial charge in [0.1, 0.15) is 0 Å². The summed E-state index contributed by atoms with van der Waals surface area (Å²) in [5.74, 6) is 0. The average Bonchev–Trinajstić information content (AvgIpc) is 2.22. The van der Waals surface area contributed by atoms with Crippen LogP contribution in [-0.4, -0.2) is 19.6 Å². The maximum Gasteiger partial charge on any atom is 0.397 e. The molecule has 0 aliphatic heterocycles. The molecule has 4 nitrogen and oxygen atoms in total. The summed E-state index contributed by atoms with van der Waals surface area (Å²) in [5.41, 5.74) is 0.311. The Balaban J connectivity index is 3.57. The smallest absolute Gasteiger partial charge is 0.264 e. The van der Waals surface area contributed by atoms with Gasteiger partial charge in [0.15, 0.2) is 0 Å². The molecule has 0 aliphatic rings. The molecular formula is C13H28O4S. The Bertz CT molecular complexity index is 296. The van der Waals surface area contributed by atoms with Crippen molar-refractivity contribution in [2.45, 2.75) is 72.1 Å². The normalized spacial score (nSPS) is 12.9. The minimum atomic E-state index is -4.26. The Labute approximate surface area is 112 Å². The second-order valence-corrected chi connectivity index (χ2v) is 6.77. The summed E-state index contributed by atoms with van der Waals surface area (Å²) in [6.45, 7) is 6.79. The van der Waals surface area contributed by atoms with Crippen LogP contribution < -0.4 is 0 Å². The van der Waals surface area contributed by atoms with Crippen molar-refractivity contribution in [2.24, 2.45) is 5.41 Å². The molecule has 0 radical (unpaired) electrons. The van der Waals surface area contributed by atoms with E-state index in [-0.39, 0.29) is 6.61 Å². The summed E-state index contributed by atoms with van der Waals surface area (Å²) < 4.78 is 33.3. The van der Waals surface area contributed by atoms with E-state index < -0.39 is 10.4 Å². The molecule has 0 aliphatic carbocycles. The fourth-order valence-electron chi connectivity index (χ4n) is 2.03. The zero-order valence-corrected chi connectivity index (χ0v) is 12.8. The van der Waals surface area contributed by atoms with E-state index in [2.05, 4.69) is 25.0 Å². The van der Waals surface area contributed by atoms with Crippen molar-refractivity contribution in [3.05, 3.63) is 0 Å². The highest BCUT2D eigenvalue weighted by atomic mass is 32.3. The van der Waals surface area contributed by atoms with E-state index in [1.54, 1.807) is 0 Å². The predicted octanol–water partition coefficient (Wildman–Crippen LogP) is 3.97. The van der Waals surface area contributed by atoms with Crippen LogP contribution in [0.3, 0.4) is 0 Å². The van der Waals surface area contributed by atoms with Gasteiger partial charge in [0.2, 0.25) is 0 Å². The van der Waals surface area contributed by atoms with Gasteiger partial charge < -0.3 is 0 Å². The maximum atomic E-state index is 10.3. The van der Waals surface area contributed by atoms with E-state index in [0.717, 1.165) is 12.8 Å². The largest absolute Gasteiger partial charge is 0.397 e. The summed E-state index contributed by atoms with van der Waals surface area (Å²) in [5, 5.41) is 0. The van der Waals surface area contributed by atoms with E-state index in [0.29, 0.717) is 11.8 Å². The quantitative estimate of drug-likeness (QED) is 0.459. The van der Waals surface area contributed by atoms with Gasteiger partial charge in [0, 0.05) is 0 Å². The topological polar surface area (TPSA) is 63.6 Å². The van der Waals surface area contributed by atoms with Gasteiger partial charge in [-0.05, 0) is 24.7 Å². The molecule has 0 aromatic rings. The lowest BCUT2D eigenvalue weighted by Gasteiger charge is -2.24. The molecular weight excluding hydrogens is 252 g/mol. The fourth-order valence-corrected chi connectivity index (χ4v) is 2.35. The van der Waals surface area contributed by atoms with E-state index in [4.69, 9.17) is 4.55 Å². The Hall–Kier alpha value is -0.130. The second-order valence-electron chi connectivity index (χ2n) is 5.68. The molecule has 0 spiro atoms. The molecule has 0 unspecified atom stereocenters. The fraction of sp³-hybridized carbons (Fsp3) is 1.00. The van der Waals surface area contributed by atoms with Crippen LogP contribution in [0.25, 0.3) is 0 Å². The minimum Gasteiger partial charge on any atom is -0.264 e. The molecule has 18 heavy (non-hydrogen) atoms. The summed E-state index contributed by atoms with van der Waals surface area (Å²) >= 11 is 0. The van der Waals surface area contributed by atoms with Crippen LogP contribution in [0.15, 0.2) is 0 Å². The molecule has 5 heteroatoms. The highest BCUT2D eigenvalue weighted by Gasteiger charge is 2.16. The molecule has 0 saturated carbocycles. The number of unbranched alkanes of at least 4 members (excludes halogenated alkanes) is 4. The Morgan fingerprint density at radius 1 is 1.00 bits per heavy atom. The van der Waals surface area contributed by atoms with Gasteiger partial charge in [0.05, 0.1) is 6.61 Å². The van der Waals surface area contributed by atoms with E-state index in [1.807, 2.05) is 0 Å². The Morgan fingerprint density at radius 3 is 2.06 bits per heavy atom. The van der Waals surface area contributed by atoms with Gasteiger partial charge in [0.25, 0.3) is 0 Å². The van der Waals surface area contributed by atoms with Crippen LogP contribution in [0.4, 0.5) is 0 Å². The molecule has 110 valence electrons. The number of rotatable bonds is 11. The minimum absolute atomic E-state index is 0.0742. The third-order valence-corrected chi connectivity index (χ3v) is 3.65. The van der Waals surface area contributed by atoms with Crippen molar-refractivity contribution in [1.29, 1.82) is 0 Å². The lowest BCUT2D eigenvalue weighted by atomic mass is 9.82. The van der Waals surface area contributed by atoms with Gasteiger partial charge >= 0.3 is 10.4 Å². The molecule has 1 N–H and O–H groups in total. The maximum absolute atomic E-state index is 10.3. The Morgan fingerprint density at radius 2 is 1.56 bits per heavy atom. The molecule has 0 rings (SSSR count). The zero-order chi connectivity index (χ0) is 14.1. The summed E-state index contributed by atoms with van der Waals surface area (Å²) in [6, 6.07) is 0. The van der Waals surface area contributed by atoms with Crippen molar-refractivity contribution in [3.63, 3.8) is 0 Å². The third-order valence-electron chi connectivity index (χ3n) is 3.19. The molecule has 0 saturated heterocycles. The van der Waals surface area contributed by atoms with E-state index in [1.165, 1.54) is 32.1 Å². The zero-order valence-electron chi connectivity index (χ0n) is 11.9. The van der Waals surface area contributed by atoms with Crippen molar-refractivity contribution >= 4 is 10.4 Å². The van der Waals surface area contributed by atoms with Crippen LogP contribution in [-0.2, 0) is 14.6 Å². The van der Waals surface area contributed by atoms with Crippen LogP contribution in [0.2, 0.25) is 0 Å². The van der Waals surface area contributed by atoms with Gasteiger partial charge in [-0.3, -0.25) is 4.55 Å². The number of hydrogen-bond donors (Lipinski definition) is 1. The summed E-state index contributed by atoms with van der Waals surface area (Å²) in [4.78, 5) is 0. The molecule has 0 atom stereocenters. The van der Waals surface area contributed by atoms with Crippen molar-refractivity contribution < 1.29 is 17.2 Å². The van der Waals surface area contributed by atoms with Crippen molar-refractivity contribution in [2.75, 3.05) is 6.61 Å². The third kappa shape index (κ3) is 12.3. The van der Waals surface area contributed by atoms with Crippen LogP contribution in [0.5, 0.6) is 0 Å². The molecule has 0 heterocycles. The van der Waals surface area contributed by atoms with Crippen molar-refractivity contribution in [1.82, 2.24) is 0 Å². The van der Waals surface area contributed by atoms with Crippen molar-refractivity contribution in [3.8, 4) is 0 Å². The van der Waals surface area contributed by atoms with E-state index >= 15 is 0 Å². The molecule has 0 aromatic heterocycles. The van der Waals surface area contributed by atoms with Gasteiger partial charge in [-0.15, -0.1) is 0 Å². The first-order chi connectivity index (χ1) is 8.27. The van der Waals surface area contributed by atoms with Gasteiger partial charge in [-0.2, -0.15) is 8.42 Å². The first kappa shape index (κ1) is 17.9. The molecule has 0 amide bonds. The first-order valence-corrected chi connectivity index (χ1v) is 8.25. The molecule has 0 fully saturated rings. The van der Waals surface area contributed by atoms with Crippen LogP contribution >= 0.6 is 0 Å². The second kappa shape index (κ2) is 8.88. The van der Waals surface area contributed by atoms with Crippen LogP contribution in [0, 0.1) is 5.41 Å². The van der Waals surface area contributed by atoms with Gasteiger partial charge in [-0.25, -0.2) is 4.18 Å². The summed E-state index contributed by atoms with van der Waals surface area (Å²) in [7, 11) is -4.26. The monoisotopic (exact) mass is 280 g/mol. The lowest BCUT2D eigenvalue weighted by molar-refractivity contribution is 0.241. The standard InChI is InChI=1S/C13H28O4S/c1-4-5-6-7-10-13(2,3)11-8-9-12-17-18(14,15)16/h4-12H2,1-3H3,(H,14,15,16). The average molecular weight is 280 g/mol. The number of hydrogen-bond acceptors (Lipinski definition) is 3.